The van der Waals surface area contributed by atoms with Gasteiger partial charge in [-0.25, -0.2) is 9.97 Å². The predicted molar refractivity (Wildman–Crippen MR) is 155 cm³/mol. The molecule has 1 unspecified atom stereocenters. The SMILES string of the molecule is O=C1CCC(N2Cc3cc(C4CCN(Cc5ccc6cnc(-c7ccccc7)nc6c5)CC4)ccc3C2=O)C(=O)N1. The monoisotopic (exact) mass is 545 g/mol. The lowest BCUT2D eigenvalue weighted by Gasteiger charge is -2.32. The molecule has 1 aromatic heterocycles. The first-order chi connectivity index (χ1) is 20.0. The molecule has 1 atom stereocenters. The molecule has 3 amide bonds. The molecule has 41 heavy (non-hydrogen) atoms. The van der Waals surface area contributed by atoms with Crippen LogP contribution in [0.15, 0.2) is 72.9 Å². The van der Waals surface area contributed by atoms with Crippen molar-refractivity contribution in [1.29, 1.82) is 0 Å². The molecule has 8 nitrogen and oxygen atoms in total. The van der Waals surface area contributed by atoms with Gasteiger partial charge in [0.05, 0.1) is 5.52 Å². The van der Waals surface area contributed by atoms with Crippen LogP contribution in [0.1, 0.15) is 58.6 Å². The number of rotatable bonds is 5. The zero-order chi connectivity index (χ0) is 27.9. The minimum atomic E-state index is -0.578. The van der Waals surface area contributed by atoms with Gasteiger partial charge in [0.15, 0.2) is 5.82 Å². The Morgan fingerprint density at radius 2 is 1.73 bits per heavy atom. The van der Waals surface area contributed by atoms with E-state index in [0.717, 1.165) is 60.3 Å². The van der Waals surface area contributed by atoms with Crippen LogP contribution in [0, 0.1) is 0 Å². The first-order valence-corrected chi connectivity index (χ1v) is 14.3. The van der Waals surface area contributed by atoms with Gasteiger partial charge >= 0.3 is 0 Å². The smallest absolute Gasteiger partial charge is 0.255 e. The fourth-order valence-corrected chi connectivity index (χ4v) is 6.42. The fourth-order valence-electron chi connectivity index (χ4n) is 6.42. The molecule has 4 heterocycles. The number of hydrogen-bond acceptors (Lipinski definition) is 6. The van der Waals surface area contributed by atoms with Crippen LogP contribution in [0.4, 0.5) is 0 Å². The molecule has 0 saturated carbocycles. The number of benzene rings is 3. The zero-order valence-corrected chi connectivity index (χ0v) is 22.8. The molecule has 0 bridgehead atoms. The van der Waals surface area contributed by atoms with Crippen LogP contribution in [0.5, 0.6) is 0 Å². The average molecular weight is 546 g/mol. The molecule has 3 aromatic carbocycles. The van der Waals surface area contributed by atoms with Crippen LogP contribution >= 0.6 is 0 Å². The van der Waals surface area contributed by atoms with Crippen LogP contribution < -0.4 is 5.32 Å². The summed E-state index contributed by atoms with van der Waals surface area (Å²) in [6, 6.07) is 22.1. The topological polar surface area (TPSA) is 95.5 Å². The summed E-state index contributed by atoms with van der Waals surface area (Å²) in [6.45, 7) is 3.30. The highest BCUT2D eigenvalue weighted by Gasteiger charge is 2.39. The second kappa shape index (κ2) is 10.5. The predicted octanol–water partition coefficient (Wildman–Crippen LogP) is 4.44. The lowest BCUT2D eigenvalue weighted by molar-refractivity contribution is -0.136. The number of nitrogens with zero attached hydrogens (tertiary/aromatic N) is 4. The summed E-state index contributed by atoms with van der Waals surface area (Å²) >= 11 is 0. The third-order valence-corrected chi connectivity index (χ3v) is 8.69. The van der Waals surface area contributed by atoms with E-state index in [4.69, 9.17) is 4.98 Å². The molecular formula is C33H31N5O3. The number of carbonyl (C=O) groups is 3. The number of piperidine rings is 2. The number of likely N-dealkylation sites (tertiary alicyclic amines) is 1. The number of imide groups is 1. The van der Waals surface area contributed by atoms with E-state index in [0.29, 0.717) is 24.4 Å². The Balaban J connectivity index is 0.996. The highest BCUT2D eigenvalue weighted by Crippen LogP contribution is 2.34. The van der Waals surface area contributed by atoms with Crippen molar-refractivity contribution in [2.75, 3.05) is 13.1 Å². The Kier molecular flexibility index (Phi) is 6.55. The van der Waals surface area contributed by atoms with Crippen LogP contribution in [-0.4, -0.2) is 56.6 Å². The van der Waals surface area contributed by atoms with E-state index >= 15 is 0 Å². The molecule has 206 valence electrons. The summed E-state index contributed by atoms with van der Waals surface area (Å²) in [5.74, 6) is 0.426. The first-order valence-electron chi connectivity index (χ1n) is 14.3. The van der Waals surface area contributed by atoms with Gasteiger partial charge in [-0.15, -0.1) is 0 Å². The first kappa shape index (κ1) is 25.5. The number of fused-ring (bicyclic) bond motifs is 2. The zero-order valence-electron chi connectivity index (χ0n) is 22.8. The number of aromatic nitrogens is 2. The largest absolute Gasteiger partial charge is 0.322 e. The molecule has 3 aliphatic heterocycles. The third-order valence-electron chi connectivity index (χ3n) is 8.69. The molecule has 8 heteroatoms. The number of carbonyl (C=O) groups excluding carboxylic acids is 3. The van der Waals surface area contributed by atoms with E-state index in [1.54, 1.807) is 4.90 Å². The van der Waals surface area contributed by atoms with E-state index in [-0.39, 0.29) is 24.1 Å². The van der Waals surface area contributed by atoms with Crippen molar-refractivity contribution in [1.82, 2.24) is 25.1 Å². The maximum absolute atomic E-state index is 13.0. The third kappa shape index (κ3) is 5.00. The number of hydrogen-bond donors (Lipinski definition) is 1. The molecule has 3 aliphatic rings. The molecule has 0 spiro atoms. The van der Waals surface area contributed by atoms with Gasteiger partial charge in [0.1, 0.15) is 6.04 Å². The molecule has 7 rings (SSSR count). The second-order valence-electron chi connectivity index (χ2n) is 11.3. The fraction of sp³-hybridized carbons (Fsp3) is 0.303. The van der Waals surface area contributed by atoms with Crippen LogP contribution in [-0.2, 0) is 22.7 Å². The maximum Gasteiger partial charge on any atom is 0.255 e. The van der Waals surface area contributed by atoms with Crippen molar-refractivity contribution in [2.24, 2.45) is 0 Å². The van der Waals surface area contributed by atoms with E-state index in [1.165, 1.54) is 11.1 Å². The summed E-state index contributed by atoms with van der Waals surface area (Å²) in [7, 11) is 0. The molecule has 2 saturated heterocycles. The quantitative estimate of drug-likeness (QED) is 0.373. The van der Waals surface area contributed by atoms with Gasteiger partial charge in [-0.1, -0.05) is 54.6 Å². The van der Waals surface area contributed by atoms with Crippen LogP contribution in [0.3, 0.4) is 0 Å². The summed E-state index contributed by atoms with van der Waals surface area (Å²) in [5, 5.41) is 3.41. The molecule has 4 aromatic rings. The van der Waals surface area contributed by atoms with Crippen molar-refractivity contribution >= 4 is 28.6 Å². The Bertz CT molecular complexity index is 1660. The normalized spacial score (nSPS) is 20.0. The van der Waals surface area contributed by atoms with Gasteiger partial charge < -0.3 is 4.90 Å². The lowest BCUT2D eigenvalue weighted by atomic mass is 9.87. The van der Waals surface area contributed by atoms with Crippen molar-refractivity contribution in [3.8, 4) is 11.4 Å². The minimum Gasteiger partial charge on any atom is -0.322 e. The van der Waals surface area contributed by atoms with Crippen molar-refractivity contribution in [2.45, 2.75) is 50.7 Å². The molecule has 0 radical (unpaired) electrons. The molecule has 2 fully saturated rings. The van der Waals surface area contributed by atoms with E-state index in [2.05, 4.69) is 45.5 Å². The van der Waals surface area contributed by atoms with Crippen molar-refractivity contribution < 1.29 is 14.4 Å². The summed E-state index contributed by atoms with van der Waals surface area (Å²) < 4.78 is 0. The second-order valence-corrected chi connectivity index (χ2v) is 11.3. The lowest BCUT2D eigenvalue weighted by Crippen LogP contribution is -2.52. The van der Waals surface area contributed by atoms with E-state index < -0.39 is 6.04 Å². The Morgan fingerprint density at radius 3 is 2.54 bits per heavy atom. The summed E-state index contributed by atoms with van der Waals surface area (Å²) in [6.07, 6.45) is 4.65. The minimum absolute atomic E-state index is 0.118. The standard InChI is InChI=1S/C33H31N5O3/c39-30-11-10-29(32(40)36-30)38-20-26-17-24(8-9-27(26)33(38)41)22-12-14-37(15-13-22)19-21-6-7-25-18-34-31(35-28(25)16-21)23-4-2-1-3-5-23/h1-9,16-18,22,29H,10-15,19-20H2,(H,36,39,40). The highest BCUT2D eigenvalue weighted by molar-refractivity contribution is 6.05. The Labute approximate surface area is 238 Å². The Morgan fingerprint density at radius 1 is 0.902 bits per heavy atom. The van der Waals surface area contributed by atoms with Crippen LogP contribution in [0.2, 0.25) is 0 Å². The Hall–Kier alpha value is -4.43. The average Bonchev–Trinajstić information content (AvgIpc) is 3.32. The van der Waals surface area contributed by atoms with Gasteiger partial charge in [0, 0.05) is 42.2 Å². The number of amides is 3. The van der Waals surface area contributed by atoms with Gasteiger partial charge in [0.25, 0.3) is 5.91 Å². The summed E-state index contributed by atoms with van der Waals surface area (Å²) in [4.78, 5) is 50.5. The highest BCUT2D eigenvalue weighted by atomic mass is 16.2. The van der Waals surface area contributed by atoms with Gasteiger partial charge in [-0.2, -0.15) is 0 Å². The molecular weight excluding hydrogens is 514 g/mol. The molecule has 1 N–H and O–H groups in total. The van der Waals surface area contributed by atoms with Gasteiger partial charge in [-0.3, -0.25) is 24.6 Å². The summed E-state index contributed by atoms with van der Waals surface area (Å²) in [5.41, 5.74) is 6.14. The van der Waals surface area contributed by atoms with Crippen molar-refractivity contribution in [3.05, 3.63) is 95.2 Å². The molecule has 0 aliphatic carbocycles. The van der Waals surface area contributed by atoms with Gasteiger partial charge in [-0.05, 0) is 67.1 Å². The van der Waals surface area contributed by atoms with E-state index in [9.17, 15) is 14.4 Å². The van der Waals surface area contributed by atoms with E-state index in [1.807, 2.05) is 42.6 Å². The number of nitrogens with one attached hydrogen (secondary N) is 1. The van der Waals surface area contributed by atoms with Crippen molar-refractivity contribution in [3.63, 3.8) is 0 Å². The maximum atomic E-state index is 13.0. The van der Waals surface area contributed by atoms with Crippen LogP contribution in [0.25, 0.3) is 22.3 Å². The van der Waals surface area contributed by atoms with Gasteiger partial charge in [0.2, 0.25) is 11.8 Å².